The number of carboxylic acids is 1. The Bertz CT molecular complexity index is 1360. The van der Waals surface area contributed by atoms with E-state index in [-0.39, 0.29) is 39.1 Å². The number of hydrogen-bond donors (Lipinski definition) is 3. The van der Waals surface area contributed by atoms with Gasteiger partial charge >= 0.3 is 11.9 Å². The van der Waals surface area contributed by atoms with E-state index in [0.29, 0.717) is 0 Å². The van der Waals surface area contributed by atoms with Crippen LogP contribution in [0.5, 0.6) is 5.75 Å². The van der Waals surface area contributed by atoms with E-state index in [0.717, 1.165) is 12.1 Å². The molecule has 37 heavy (non-hydrogen) atoms. The number of nitrogens with two attached hydrogens (primary N) is 1. The predicted octanol–water partition coefficient (Wildman–Crippen LogP) is 4.92. The first-order valence-electron chi connectivity index (χ1n) is 10.6. The van der Waals surface area contributed by atoms with Gasteiger partial charge in [0.2, 0.25) is 6.10 Å². The maximum atomic E-state index is 14.3. The van der Waals surface area contributed by atoms with Crippen LogP contribution >= 0.6 is 23.2 Å². The number of nitrogens with one attached hydrogen (secondary N) is 1. The van der Waals surface area contributed by atoms with E-state index in [9.17, 15) is 18.8 Å². The number of carbonyl (C=O) groups excluding carboxylic acids is 2. The second kappa shape index (κ2) is 11.0. The molecule has 0 aliphatic carbocycles. The minimum Gasteiger partial charge on any atom is -0.478 e. The second-order valence-electron chi connectivity index (χ2n) is 8.60. The molecule has 0 aliphatic heterocycles. The fraction of sp³-hybridized carbons (Fsp3) is 0.208. The molecule has 3 aromatic rings. The number of rotatable bonds is 7. The van der Waals surface area contributed by atoms with Crippen LogP contribution in [0.15, 0.2) is 42.5 Å². The lowest BCUT2D eigenvalue weighted by atomic mass is 10.1. The molecule has 0 aliphatic rings. The normalized spacial score (nSPS) is 11.9. The molecule has 10 nitrogen and oxygen atoms in total. The highest BCUT2D eigenvalue weighted by atomic mass is 35.5. The van der Waals surface area contributed by atoms with Crippen molar-refractivity contribution in [2.75, 3.05) is 11.1 Å². The molecular weight excluding hydrogens is 530 g/mol. The number of halogens is 3. The fourth-order valence-corrected chi connectivity index (χ4v) is 3.54. The minimum absolute atomic E-state index is 0.0313. The van der Waals surface area contributed by atoms with Gasteiger partial charge in [-0.25, -0.2) is 14.0 Å². The number of hydrogen-bond acceptors (Lipinski definition) is 8. The lowest BCUT2D eigenvalue weighted by molar-refractivity contribution is -0.163. The van der Waals surface area contributed by atoms with E-state index in [1.807, 2.05) is 0 Å². The molecule has 1 heterocycles. The summed E-state index contributed by atoms with van der Waals surface area (Å²) in [7, 11) is 0. The highest BCUT2D eigenvalue weighted by Gasteiger charge is 2.34. The number of benzene rings is 2. The number of anilines is 2. The van der Waals surface area contributed by atoms with Gasteiger partial charge in [-0.05, 0) is 57.2 Å². The molecule has 0 unspecified atom stereocenters. The third-order valence-corrected chi connectivity index (χ3v) is 5.33. The number of nitrogens with zero attached hydrogens (tertiary/aromatic N) is 2. The minimum atomic E-state index is -1.68. The zero-order valence-corrected chi connectivity index (χ0v) is 21.2. The van der Waals surface area contributed by atoms with Crippen LogP contribution in [-0.4, -0.2) is 38.8 Å². The lowest BCUT2D eigenvalue weighted by Gasteiger charge is -2.26. The van der Waals surface area contributed by atoms with Gasteiger partial charge < -0.3 is 25.6 Å². The van der Waals surface area contributed by atoms with E-state index < -0.39 is 40.4 Å². The second-order valence-corrected chi connectivity index (χ2v) is 9.39. The largest absolute Gasteiger partial charge is 0.478 e. The number of carboxylic acid groups (broad SMARTS) is 1. The van der Waals surface area contributed by atoms with Gasteiger partial charge in [0.1, 0.15) is 11.4 Å². The van der Waals surface area contributed by atoms with Crippen LogP contribution in [0, 0.1) is 5.82 Å². The van der Waals surface area contributed by atoms with Crippen LogP contribution in [0.1, 0.15) is 53.3 Å². The van der Waals surface area contributed by atoms with Gasteiger partial charge in [0, 0.05) is 22.3 Å². The number of nitrogen functional groups attached to an aromatic ring is 1. The Morgan fingerprint density at radius 2 is 1.73 bits per heavy atom. The summed E-state index contributed by atoms with van der Waals surface area (Å²) < 4.78 is 25.4. The van der Waals surface area contributed by atoms with Crippen LogP contribution in [-0.2, 0) is 9.53 Å². The van der Waals surface area contributed by atoms with Crippen molar-refractivity contribution < 1.29 is 33.4 Å². The Balaban J connectivity index is 1.95. The average Bonchev–Trinajstić information content (AvgIpc) is 2.81. The molecule has 0 fully saturated rings. The van der Waals surface area contributed by atoms with Gasteiger partial charge in [0.15, 0.2) is 17.3 Å². The molecule has 1 amide bonds. The highest BCUT2D eigenvalue weighted by molar-refractivity contribution is 6.36. The predicted molar refractivity (Wildman–Crippen MR) is 133 cm³/mol. The quantitative estimate of drug-likeness (QED) is 0.274. The van der Waals surface area contributed by atoms with E-state index >= 15 is 0 Å². The van der Waals surface area contributed by atoms with Crippen molar-refractivity contribution >= 4 is 52.6 Å². The van der Waals surface area contributed by atoms with Gasteiger partial charge in [-0.3, -0.25) is 4.79 Å². The van der Waals surface area contributed by atoms with E-state index in [4.69, 9.17) is 43.5 Å². The van der Waals surface area contributed by atoms with Crippen LogP contribution in [0.3, 0.4) is 0 Å². The smallest absolute Gasteiger partial charge is 0.352 e. The summed E-state index contributed by atoms with van der Waals surface area (Å²) in [5, 5.41) is 18.4. The molecule has 0 saturated carbocycles. The summed E-state index contributed by atoms with van der Waals surface area (Å²) in [5.41, 5.74) is 4.76. The third kappa shape index (κ3) is 6.83. The molecule has 2 aromatic carbocycles. The van der Waals surface area contributed by atoms with Crippen LogP contribution in [0.25, 0.3) is 0 Å². The Labute approximate surface area is 220 Å². The van der Waals surface area contributed by atoms with Crippen molar-refractivity contribution in [2.45, 2.75) is 32.5 Å². The fourth-order valence-electron chi connectivity index (χ4n) is 2.97. The van der Waals surface area contributed by atoms with Crippen LogP contribution in [0.2, 0.25) is 10.0 Å². The SMILES string of the molecule is CC(C)(C)OC(=O)[C@@H](Oc1cc(C(=O)Nc2ccc(C(=O)O)cc2)nnc1N)c1c(Cl)ccc(F)c1Cl. The van der Waals surface area contributed by atoms with Gasteiger partial charge in [-0.2, -0.15) is 0 Å². The number of amides is 1. The van der Waals surface area contributed by atoms with Crippen molar-refractivity contribution in [1.29, 1.82) is 0 Å². The summed E-state index contributed by atoms with van der Waals surface area (Å²) in [5.74, 6) is -4.22. The summed E-state index contributed by atoms with van der Waals surface area (Å²) in [6, 6.07) is 8.71. The molecule has 0 saturated heterocycles. The van der Waals surface area contributed by atoms with E-state index in [1.54, 1.807) is 20.8 Å². The lowest BCUT2D eigenvalue weighted by Crippen LogP contribution is -2.31. The van der Waals surface area contributed by atoms with Gasteiger partial charge in [0.05, 0.1) is 10.6 Å². The Morgan fingerprint density at radius 1 is 1.08 bits per heavy atom. The number of carbonyl (C=O) groups is 3. The van der Waals surface area contributed by atoms with Gasteiger partial charge in [-0.1, -0.05) is 23.2 Å². The molecule has 13 heteroatoms. The summed E-state index contributed by atoms with van der Waals surface area (Å²) >= 11 is 12.3. The molecule has 194 valence electrons. The van der Waals surface area contributed by atoms with Crippen molar-refractivity contribution in [3.8, 4) is 5.75 Å². The first-order chi connectivity index (χ1) is 17.3. The summed E-state index contributed by atoms with van der Waals surface area (Å²) in [4.78, 5) is 36.8. The zero-order chi connectivity index (χ0) is 27.5. The van der Waals surface area contributed by atoms with Crippen molar-refractivity contribution in [3.05, 3.63) is 75.1 Å². The van der Waals surface area contributed by atoms with Crippen molar-refractivity contribution in [3.63, 3.8) is 0 Å². The summed E-state index contributed by atoms with van der Waals surface area (Å²) in [6.07, 6.45) is -1.68. The molecule has 0 bridgehead atoms. The molecule has 3 rings (SSSR count). The maximum Gasteiger partial charge on any atom is 0.352 e. The molecule has 1 aromatic heterocycles. The number of esters is 1. The molecule has 4 N–H and O–H groups in total. The molecule has 0 radical (unpaired) electrons. The number of aromatic carboxylic acids is 1. The average molecular weight is 551 g/mol. The molecular formula is C24H21Cl2FN4O6. The maximum absolute atomic E-state index is 14.3. The highest BCUT2D eigenvalue weighted by Crippen LogP contribution is 2.37. The molecule has 0 spiro atoms. The van der Waals surface area contributed by atoms with Gasteiger partial charge in [0.25, 0.3) is 5.91 Å². The molecule has 1 atom stereocenters. The standard InChI is InChI=1S/C24H21Cl2FN4O6/c1-24(2,3)37-23(35)19(17-13(25)8-9-14(27)18(17)26)36-16-10-15(30-31-20(16)28)21(32)29-12-6-4-11(5-7-12)22(33)34/h4-10,19H,1-3H3,(H2,28,31)(H,29,32)(H,33,34)/t19-/m0/s1. The Morgan fingerprint density at radius 3 is 2.32 bits per heavy atom. The van der Waals surface area contributed by atoms with E-state index in [1.165, 1.54) is 30.3 Å². The van der Waals surface area contributed by atoms with Crippen LogP contribution < -0.4 is 15.8 Å². The first-order valence-corrected chi connectivity index (χ1v) is 11.3. The van der Waals surface area contributed by atoms with Crippen LogP contribution in [0.4, 0.5) is 15.9 Å². The first kappa shape index (κ1) is 27.6. The number of ether oxygens (including phenoxy) is 2. The Hall–Kier alpha value is -3.96. The van der Waals surface area contributed by atoms with Gasteiger partial charge in [-0.15, -0.1) is 10.2 Å². The topological polar surface area (TPSA) is 154 Å². The zero-order valence-electron chi connectivity index (χ0n) is 19.7. The number of aromatic nitrogens is 2. The monoisotopic (exact) mass is 550 g/mol. The van der Waals surface area contributed by atoms with Crippen molar-refractivity contribution in [2.24, 2.45) is 0 Å². The Kier molecular flexibility index (Phi) is 8.19. The van der Waals surface area contributed by atoms with E-state index in [2.05, 4.69) is 15.5 Å². The third-order valence-electron chi connectivity index (χ3n) is 4.62. The summed E-state index contributed by atoms with van der Waals surface area (Å²) in [6.45, 7) is 4.85. The van der Waals surface area contributed by atoms with Crippen molar-refractivity contribution in [1.82, 2.24) is 10.2 Å².